The van der Waals surface area contributed by atoms with Gasteiger partial charge in [0.1, 0.15) is 5.75 Å². The van der Waals surface area contributed by atoms with Crippen LogP contribution in [0.3, 0.4) is 0 Å². The SMILES string of the molecule is COc1ccc(-n2nnnc2CN2CCN(C(=O)c3ccccc3S(=O)(=O)C(F)F)CC2)cc1. The van der Waals surface area contributed by atoms with E-state index in [1.54, 1.807) is 23.9 Å². The largest absolute Gasteiger partial charge is 0.497 e. The van der Waals surface area contributed by atoms with Gasteiger partial charge in [-0.3, -0.25) is 9.69 Å². The number of alkyl halides is 2. The summed E-state index contributed by atoms with van der Waals surface area (Å²) in [6, 6.07) is 12.3. The van der Waals surface area contributed by atoms with Gasteiger partial charge in [-0.1, -0.05) is 12.1 Å². The molecular formula is C21H22F2N6O4S. The van der Waals surface area contributed by atoms with Crippen molar-refractivity contribution in [2.24, 2.45) is 0 Å². The van der Waals surface area contributed by atoms with E-state index < -0.39 is 26.4 Å². The van der Waals surface area contributed by atoms with Crippen LogP contribution in [0.4, 0.5) is 8.78 Å². The minimum atomic E-state index is -4.90. The van der Waals surface area contributed by atoms with Gasteiger partial charge in [0, 0.05) is 26.2 Å². The number of piperazine rings is 1. The Morgan fingerprint density at radius 3 is 2.38 bits per heavy atom. The van der Waals surface area contributed by atoms with Gasteiger partial charge in [-0.05, 0) is 46.8 Å². The smallest absolute Gasteiger partial charge is 0.341 e. The van der Waals surface area contributed by atoms with Crippen molar-refractivity contribution in [2.75, 3.05) is 33.3 Å². The van der Waals surface area contributed by atoms with Crippen molar-refractivity contribution < 1.29 is 26.7 Å². The molecule has 10 nitrogen and oxygen atoms in total. The number of aromatic nitrogens is 4. The van der Waals surface area contributed by atoms with Gasteiger partial charge in [0.2, 0.25) is 9.84 Å². The second-order valence-corrected chi connectivity index (χ2v) is 9.46. The first-order valence-corrected chi connectivity index (χ1v) is 11.9. The average molecular weight is 493 g/mol. The molecular weight excluding hydrogens is 470 g/mol. The lowest BCUT2D eigenvalue weighted by Gasteiger charge is -2.34. The molecule has 13 heteroatoms. The highest BCUT2D eigenvalue weighted by Crippen LogP contribution is 2.24. The first kappa shape index (κ1) is 23.7. The Morgan fingerprint density at radius 1 is 1.06 bits per heavy atom. The van der Waals surface area contributed by atoms with Crippen LogP contribution in [-0.4, -0.2) is 83.4 Å². The Hall–Kier alpha value is -3.45. The van der Waals surface area contributed by atoms with E-state index in [1.165, 1.54) is 23.1 Å². The van der Waals surface area contributed by atoms with Crippen LogP contribution in [-0.2, 0) is 16.4 Å². The fourth-order valence-electron chi connectivity index (χ4n) is 3.70. The van der Waals surface area contributed by atoms with Gasteiger partial charge in [-0.25, -0.2) is 8.42 Å². The lowest BCUT2D eigenvalue weighted by atomic mass is 10.2. The van der Waals surface area contributed by atoms with E-state index in [-0.39, 0.29) is 5.56 Å². The van der Waals surface area contributed by atoms with Crippen LogP contribution < -0.4 is 4.74 Å². The van der Waals surface area contributed by atoms with Gasteiger partial charge < -0.3 is 9.64 Å². The van der Waals surface area contributed by atoms with Gasteiger partial charge in [0.25, 0.3) is 5.91 Å². The molecule has 0 saturated carbocycles. The molecule has 0 N–H and O–H groups in total. The number of carbonyl (C=O) groups excluding carboxylic acids is 1. The minimum Gasteiger partial charge on any atom is -0.497 e. The van der Waals surface area contributed by atoms with E-state index in [2.05, 4.69) is 20.4 Å². The predicted molar refractivity (Wildman–Crippen MR) is 117 cm³/mol. The third kappa shape index (κ3) is 4.75. The molecule has 0 aliphatic carbocycles. The van der Waals surface area contributed by atoms with Crippen LogP contribution in [0.25, 0.3) is 5.69 Å². The Bertz CT molecular complexity index is 1260. The van der Waals surface area contributed by atoms with Gasteiger partial charge in [0.15, 0.2) is 5.82 Å². The zero-order chi connectivity index (χ0) is 24.3. The molecule has 1 amide bonds. The molecule has 180 valence electrons. The van der Waals surface area contributed by atoms with Crippen molar-refractivity contribution in [3.63, 3.8) is 0 Å². The molecule has 2 heterocycles. The number of rotatable bonds is 7. The molecule has 3 aromatic rings. The third-order valence-corrected chi connectivity index (χ3v) is 6.97. The van der Waals surface area contributed by atoms with E-state index in [0.717, 1.165) is 11.8 Å². The first-order valence-electron chi connectivity index (χ1n) is 10.4. The van der Waals surface area contributed by atoms with E-state index in [1.807, 2.05) is 12.1 Å². The first-order chi connectivity index (χ1) is 16.3. The Kier molecular flexibility index (Phi) is 6.84. The van der Waals surface area contributed by atoms with Crippen LogP contribution in [0.5, 0.6) is 5.75 Å². The number of sulfone groups is 1. The fourth-order valence-corrected chi connectivity index (χ4v) is 4.62. The highest BCUT2D eigenvalue weighted by molar-refractivity contribution is 7.91. The molecule has 34 heavy (non-hydrogen) atoms. The van der Waals surface area contributed by atoms with Crippen LogP contribution >= 0.6 is 0 Å². The second-order valence-electron chi connectivity index (χ2n) is 7.58. The van der Waals surface area contributed by atoms with Gasteiger partial charge in [0.05, 0.1) is 29.8 Å². The Labute approximate surface area is 194 Å². The summed E-state index contributed by atoms with van der Waals surface area (Å²) < 4.78 is 56.9. The second kappa shape index (κ2) is 9.81. The number of tetrazole rings is 1. The lowest BCUT2D eigenvalue weighted by Crippen LogP contribution is -2.48. The van der Waals surface area contributed by atoms with Gasteiger partial charge in [-0.2, -0.15) is 13.5 Å². The number of benzene rings is 2. The van der Waals surface area contributed by atoms with Gasteiger partial charge >= 0.3 is 5.76 Å². The third-order valence-electron chi connectivity index (χ3n) is 5.53. The van der Waals surface area contributed by atoms with E-state index in [0.29, 0.717) is 44.3 Å². The molecule has 1 saturated heterocycles. The highest BCUT2D eigenvalue weighted by Gasteiger charge is 2.33. The Balaban J connectivity index is 1.43. The number of ether oxygens (including phenoxy) is 1. The maximum atomic E-state index is 13.1. The highest BCUT2D eigenvalue weighted by atomic mass is 32.2. The van der Waals surface area contributed by atoms with Gasteiger partial charge in [-0.15, -0.1) is 5.10 Å². The van der Waals surface area contributed by atoms with Crippen LogP contribution in [0.2, 0.25) is 0 Å². The maximum Gasteiger partial charge on any atom is 0.341 e. The standard InChI is InChI=1S/C21H22F2N6O4S/c1-33-16-8-6-15(7-9-16)29-19(24-25-26-29)14-27-10-12-28(13-11-27)20(30)17-4-2-3-5-18(17)34(31,32)21(22)23/h2-9,21H,10-14H2,1H3. The number of methoxy groups -OCH3 is 1. The van der Waals surface area contributed by atoms with Crippen molar-refractivity contribution >= 4 is 15.7 Å². The summed E-state index contributed by atoms with van der Waals surface area (Å²) in [6.45, 7) is 1.98. The summed E-state index contributed by atoms with van der Waals surface area (Å²) in [4.78, 5) is 15.8. The molecule has 4 rings (SSSR count). The molecule has 1 fully saturated rings. The van der Waals surface area contributed by atoms with Crippen molar-refractivity contribution in [3.05, 3.63) is 59.9 Å². The average Bonchev–Trinajstić information content (AvgIpc) is 3.32. The number of nitrogens with zero attached hydrogens (tertiary/aromatic N) is 6. The maximum absolute atomic E-state index is 13.1. The Morgan fingerprint density at radius 2 is 1.74 bits per heavy atom. The fraction of sp³-hybridized carbons (Fsp3) is 0.333. The summed E-state index contributed by atoms with van der Waals surface area (Å²) in [6.07, 6.45) is 0. The number of amides is 1. The molecule has 1 aromatic heterocycles. The summed E-state index contributed by atoms with van der Waals surface area (Å²) in [5.41, 5.74) is 0.520. The molecule has 0 spiro atoms. The van der Waals surface area contributed by atoms with Crippen LogP contribution in [0.15, 0.2) is 53.4 Å². The summed E-state index contributed by atoms with van der Waals surface area (Å²) in [5.74, 6) is -2.88. The quantitative estimate of drug-likeness (QED) is 0.490. The normalized spacial score (nSPS) is 15.0. The van der Waals surface area contributed by atoms with E-state index in [4.69, 9.17) is 4.74 Å². The van der Waals surface area contributed by atoms with E-state index in [9.17, 15) is 22.0 Å². The minimum absolute atomic E-state index is 0.250. The van der Waals surface area contributed by atoms with Crippen molar-refractivity contribution in [1.82, 2.24) is 30.0 Å². The summed E-state index contributed by atoms with van der Waals surface area (Å²) in [5, 5.41) is 11.9. The molecule has 0 unspecified atom stereocenters. The monoisotopic (exact) mass is 492 g/mol. The molecule has 0 radical (unpaired) electrons. The zero-order valence-corrected chi connectivity index (χ0v) is 19.0. The molecule has 1 aliphatic rings. The van der Waals surface area contributed by atoms with Crippen LogP contribution in [0.1, 0.15) is 16.2 Å². The topological polar surface area (TPSA) is 111 Å². The molecule has 1 aliphatic heterocycles. The summed E-state index contributed by atoms with van der Waals surface area (Å²) in [7, 11) is -3.31. The van der Waals surface area contributed by atoms with Crippen molar-refractivity contribution in [3.8, 4) is 11.4 Å². The van der Waals surface area contributed by atoms with E-state index >= 15 is 0 Å². The number of hydrogen-bond acceptors (Lipinski definition) is 8. The number of carbonyl (C=O) groups is 1. The predicted octanol–water partition coefficient (Wildman–Crippen LogP) is 1.63. The van der Waals surface area contributed by atoms with Crippen molar-refractivity contribution in [2.45, 2.75) is 17.2 Å². The molecule has 2 aromatic carbocycles. The molecule has 0 atom stereocenters. The summed E-state index contributed by atoms with van der Waals surface area (Å²) >= 11 is 0. The molecule has 0 bridgehead atoms. The zero-order valence-electron chi connectivity index (χ0n) is 18.2. The number of halogens is 2. The van der Waals surface area contributed by atoms with Crippen molar-refractivity contribution in [1.29, 1.82) is 0 Å². The number of hydrogen-bond donors (Lipinski definition) is 0. The van der Waals surface area contributed by atoms with Crippen LogP contribution in [0, 0.1) is 0 Å². The lowest BCUT2D eigenvalue weighted by molar-refractivity contribution is 0.0620.